The fourth-order valence-corrected chi connectivity index (χ4v) is 7.58. The van der Waals surface area contributed by atoms with Gasteiger partial charge < -0.3 is 42.2 Å². The highest BCUT2D eigenvalue weighted by molar-refractivity contribution is 5.86. The molecular formula is C38H47N6O4-. The summed E-state index contributed by atoms with van der Waals surface area (Å²) in [6.45, 7) is 1.95. The molecule has 0 aliphatic heterocycles. The minimum absolute atomic E-state index is 0.00858. The Bertz CT molecular complexity index is 1680. The molecule has 0 radical (unpaired) electrons. The Hall–Kier alpha value is -4.70. The molecule has 0 spiro atoms. The standard InChI is InChI=1S/C38H47N6O4/c1-23(22-46)4-10-31(39)11-9-25-7-8-27-17-29-16-26-6-5-24(12-14-45)15-28(26)18-32(29)37(25)33(27)20-34(44-35-3-2-13-42-35)30(19-36(47)48)21-43-38(40)41/h2-3,5-8,13-16,18-19,22-23,25,27,31,33-34,37,42H,4,9-12,17,20-21,39H2,1H3,(H,47,48)(H4,40,41,43)/q-1. The monoisotopic (exact) mass is 651 g/mol. The molecule has 0 fully saturated rings. The third kappa shape index (κ3) is 8.60. The Kier molecular flexibility index (Phi) is 11.5. The molecule has 0 saturated carbocycles. The van der Waals surface area contributed by atoms with E-state index in [1.54, 1.807) is 6.20 Å². The summed E-state index contributed by atoms with van der Waals surface area (Å²) in [6.07, 6.45) is 14.7. The van der Waals surface area contributed by atoms with E-state index in [1.807, 2.05) is 25.1 Å². The Labute approximate surface area is 281 Å². The van der Waals surface area contributed by atoms with Gasteiger partial charge in [0.15, 0.2) is 5.96 Å². The normalized spacial score (nSPS) is 21.9. The van der Waals surface area contributed by atoms with Crippen LogP contribution in [0.1, 0.15) is 61.6 Å². The molecule has 0 amide bonds. The number of benzene rings is 2. The van der Waals surface area contributed by atoms with Crippen LogP contribution in [0.2, 0.25) is 0 Å². The van der Waals surface area contributed by atoms with Crippen molar-refractivity contribution in [3.05, 3.63) is 94.5 Å². The molecule has 1 aromatic heterocycles. The van der Waals surface area contributed by atoms with Crippen LogP contribution in [0.5, 0.6) is 0 Å². The number of aliphatic carboxylic acids is 1. The van der Waals surface area contributed by atoms with Crippen LogP contribution < -0.4 is 17.2 Å². The van der Waals surface area contributed by atoms with Gasteiger partial charge in [0, 0.05) is 24.5 Å². The third-order valence-electron chi connectivity index (χ3n) is 10.0. The molecule has 7 atom stereocenters. The predicted octanol–water partition coefficient (Wildman–Crippen LogP) is 5.44. The summed E-state index contributed by atoms with van der Waals surface area (Å²) in [5.74, 6) is 0.161. The van der Waals surface area contributed by atoms with E-state index in [9.17, 15) is 19.5 Å². The van der Waals surface area contributed by atoms with Gasteiger partial charge >= 0.3 is 5.97 Å². The van der Waals surface area contributed by atoms with E-state index in [0.29, 0.717) is 24.2 Å². The van der Waals surface area contributed by atoms with Crippen molar-refractivity contribution in [3.63, 3.8) is 0 Å². The van der Waals surface area contributed by atoms with Gasteiger partial charge in [0.1, 0.15) is 12.6 Å². The maximum Gasteiger partial charge on any atom is 0.328 e. The van der Waals surface area contributed by atoms with Gasteiger partial charge in [-0.2, -0.15) is 0 Å². The molecule has 0 saturated heterocycles. The summed E-state index contributed by atoms with van der Waals surface area (Å²) in [4.78, 5) is 41.8. The Morgan fingerprint density at radius 3 is 2.65 bits per heavy atom. The minimum atomic E-state index is -1.08. The van der Waals surface area contributed by atoms with E-state index < -0.39 is 12.0 Å². The van der Waals surface area contributed by atoms with Crippen molar-refractivity contribution < 1.29 is 19.5 Å². The molecule has 2 aliphatic carbocycles. The number of hydrogen-bond donors (Lipinski definition) is 5. The van der Waals surface area contributed by atoms with Gasteiger partial charge in [-0.1, -0.05) is 73.6 Å². The predicted molar refractivity (Wildman–Crippen MR) is 190 cm³/mol. The number of nitrogens with two attached hydrogens (primary N) is 3. The molecule has 10 heteroatoms. The smallest absolute Gasteiger partial charge is 0.328 e. The first kappa shape index (κ1) is 34.6. The number of aliphatic imine (C=N–C) groups is 1. The number of carbonyl (C=O) groups excluding carboxylic acids is 2. The fraction of sp³-hybridized carbons (Fsp3) is 0.421. The third-order valence-corrected chi connectivity index (χ3v) is 10.0. The summed E-state index contributed by atoms with van der Waals surface area (Å²) in [5.41, 5.74) is 22.0. The number of fused-ring (bicyclic) bond motifs is 5. The molecular weight excluding hydrogens is 604 g/mol. The van der Waals surface area contributed by atoms with Crippen LogP contribution in [0.3, 0.4) is 0 Å². The van der Waals surface area contributed by atoms with Crippen molar-refractivity contribution in [1.82, 2.24) is 4.98 Å². The second kappa shape index (κ2) is 15.9. The molecule has 7 unspecified atom stereocenters. The van der Waals surface area contributed by atoms with Crippen LogP contribution in [0.4, 0.5) is 5.82 Å². The van der Waals surface area contributed by atoms with Gasteiger partial charge in [-0.3, -0.25) is 0 Å². The van der Waals surface area contributed by atoms with Gasteiger partial charge in [-0.05, 0) is 101 Å². The van der Waals surface area contributed by atoms with Crippen LogP contribution in [0.25, 0.3) is 16.1 Å². The number of allylic oxidation sites excluding steroid dienone is 2. The van der Waals surface area contributed by atoms with Gasteiger partial charge in [-0.15, -0.1) is 0 Å². The number of aromatic amines is 1. The Morgan fingerprint density at radius 1 is 1.10 bits per heavy atom. The molecule has 254 valence electrons. The summed E-state index contributed by atoms with van der Waals surface area (Å²) in [6, 6.07) is 14.0. The van der Waals surface area contributed by atoms with E-state index in [0.717, 1.165) is 61.0 Å². The lowest BCUT2D eigenvalue weighted by Crippen LogP contribution is -2.38. The number of guanidine groups is 1. The van der Waals surface area contributed by atoms with Crippen LogP contribution in [-0.2, 0) is 27.2 Å². The summed E-state index contributed by atoms with van der Waals surface area (Å²) < 4.78 is 0. The maximum absolute atomic E-state index is 12.0. The van der Waals surface area contributed by atoms with Crippen molar-refractivity contribution in [2.45, 2.75) is 69.9 Å². The van der Waals surface area contributed by atoms with Crippen molar-refractivity contribution in [1.29, 1.82) is 0 Å². The number of rotatable bonds is 17. The van der Waals surface area contributed by atoms with E-state index in [1.165, 1.54) is 17.2 Å². The Morgan fingerprint density at radius 2 is 1.94 bits per heavy atom. The van der Waals surface area contributed by atoms with E-state index >= 15 is 0 Å². The topological polar surface area (TPSA) is 192 Å². The lowest BCUT2D eigenvalue weighted by molar-refractivity contribution is -0.131. The number of carboxylic acid groups (broad SMARTS) is 1. The van der Waals surface area contributed by atoms with E-state index in [-0.39, 0.29) is 48.1 Å². The molecule has 1 heterocycles. The highest BCUT2D eigenvalue weighted by Gasteiger charge is 2.42. The Balaban J connectivity index is 1.53. The molecule has 2 aromatic carbocycles. The summed E-state index contributed by atoms with van der Waals surface area (Å²) in [7, 11) is 0. The zero-order valence-corrected chi connectivity index (χ0v) is 27.5. The highest BCUT2D eigenvalue weighted by atomic mass is 16.4. The van der Waals surface area contributed by atoms with Crippen molar-refractivity contribution in [2.24, 2.45) is 45.9 Å². The van der Waals surface area contributed by atoms with Crippen LogP contribution in [0, 0.1) is 23.7 Å². The average molecular weight is 652 g/mol. The summed E-state index contributed by atoms with van der Waals surface area (Å²) in [5, 5.41) is 17.1. The number of aromatic nitrogens is 1. The number of nitrogens with zero attached hydrogens (tertiary/aromatic N) is 2. The number of carbonyl (C=O) groups is 3. The van der Waals surface area contributed by atoms with Crippen LogP contribution >= 0.6 is 0 Å². The molecule has 10 nitrogen and oxygen atoms in total. The lowest BCUT2D eigenvalue weighted by Gasteiger charge is -2.47. The van der Waals surface area contributed by atoms with Gasteiger partial charge in [-0.25, -0.2) is 9.79 Å². The summed E-state index contributed by atoms with van der Waals surface area (Å²) >= 11 is 0. The zero-order chi connectivity index (χ0) is 34.2. The maximum atomic E-state index is 12.0. The number of H-pyrrole nitrogens is 1. The average Bonchev–Trinajstić information content (AvgIpc) is 3.57. The molecule has 48 heavy (non-hydrogen) atoms. The number of hydrogen-bond acceptors (Lipinski definition) is 5. The quantitative estimate of drug-likeness (QED) is 0.0422. The highest BCUT2D eigenvalue weighted by Crippen LogP contribution is 2.53. The first-order valence-corrected chi connectivity index (χ1v) is 16.9. The van der Waals surface area contributed by atoms with Gasteiger partial charge in [0.2, 0.25) is 0 Å². The van der Waals surface area contributed by atoms with Crippen molar-refractivity contribution in [3.8, 4) is 0 Å². The second-order valence-electron chi connectivity index (χ2n) is 13.5. The van der Waals surface area contributed by atoms with Gasteiger partial charge in [0.05, 0.1) is 6.54 Å². The fourth-order valence-electron chi connectivity index (χ4n) is 7.58. The van der Waals surface area contributed by atoms with Crippen molar-refractivity contribution in [2.75, 3.05) is 6.54 Å². The van der Waals surface area contributed by atoms with E-state index in [4.69, 9.17) is 22.5 Å². The lowest BCUT2D eigenvalue weighted by atomic mass is 9.58. The van der Waals surface area contributed by atoms with Crippen molar-refractivity contribution >= 4 is 41.1 Å². The number of carboxylic acids is 1. The number of nitrogens with one attached hydrogen (secondary N) is 1. The number of aldehydes is 2. The zero-order valence-electron chi connectivity index (χ0n) is 27.5. The first-order chi connectivity index (χ1) is 23.1. The second-order valence-corrected chi connectivity index (χ2v) is 13.5. The van der Waals surface area contributed by atoms with Gasteiger partial charge in [0.25, 0.3) is 0 Å². The minimum Gasteiger partial charge on any atom is -0.478 e. The largest absolute Gasteiger partial charge is 0.478 e. The molecule has 2 aliphatic rings. The van der Waals surface area contributed by atoms with E-state index in [2.05, 4.69) is 46.4 Å². The molecule has 5 rings (SSSR count). The van der Waals surface area contributed by atoms with Crippen LogP contribution in [-0.4, -0.2) is 53.2 Å². The molecule has 8 N–H and O–H groups in total. The van der Waals surface area contributed by atoms with Crippen LogP contribution in [0.15, 0.2) is 77.5 Å². The molecule has 3 aromatic rings. The first-order valence-electron chi connectivity index (χ1n) is 16.9. The molecule has 2 bridgehead atoms. The SMILES string of the molecule is CC(C=O)CCC(N)CCC1C=CC2Cc3cc4ccc(CC=O)cc4cc3C1C2CC([N-]c1ccc[nH]1)C(=CC(=O)O)CN=C(N)N.